The van der Waals surface area contributed by atoms with E-state index in [9.17, 15) is 18.6 Å². The van der Waals surface area contributed by atoms with Crippen molar-refractivity contribution in [2.45, 2.75) is 49.8 Å². The van der Waals surface area contributed by atoms with Gasteiger partial charge in [-0.25, -0.2) is 0 Å². The fourth-order valence-corrected chi connectivity index (χ4v) is 3.24. The van der Waals surface area contributed by atoms with Gasteiger partial charge in [-0.05, 0) is 26.0 Å². The molecule has 2 rings (SSSR count). The van der Waals surface area contributed by atoms with Crippen LogP contribution in [-0.4, -0.2) is 43.2 Å². The summed E-state index contributed by atoms with van der Waals surface area (Å²) in [4.78, 5) is 0.0219. The van der Waals surface area contributed by atoms with Gasteiger partial charge in [0.25, 0.3) is 10.1 Å². The predicted molar refractivity (Wildman–Crippen MR) is 70.4 cm³/mol. The van der Waals surface area contributed by atoms with Gasteiger partial charge in [-0.3, -0.25) is 4.18 Å². The average Bonchev–Trinajstić information content (AvgIpc) is 2.34. The molecular weight excluding hydrogens is 284 g/mol. The highest BCUT2D eigenvalue weighted by molar-refractivity contribution is 7.86. The lowest BCUT2D eigenvalue weighted by molar-refractivity contribution is -0.220. The van der Waals surface area contributed by atoms with Crippen LogP contribution in [0.25, 0.3) is 0 Å². The zero-order chi connectivity index (χ0) is 14.9. The van der Waals surface area contributed by atoms with Gasteiger partial charge in [-0.2, -0.15) is 8.42 Å². The number of benzene rings is 1. The Hall–Kier alpha value is -0.990. The maximum atomic E-state index is 12.1. The van der Waals surface area contributed by atoms with Gasteiger partial charge in [-0.1, -0.05) is 17.7 Å². The Morgan fingerprint density at radius 3 is 2.40 bits per heavy atom. The summed E-state index contributed by atoms with van der Waals surface area (Å²) in [5, 5.41) is 19.2. The first-order valence-electron chi connectivity index (χ1n) is 6.31. The predicted octanol–water partition coefficient (Wildman–Crippen LogP) is 0.557. The van der Waals surface area contributed by atoms with E-state index in [-0.39, 0.29) is 11.3 Å². The smallest absolute Gasteiger partial charge is 0.297 e. The molecule has 0 saturated carbocycles. The monoisotopic (exact) mass is 302 g/mol. The molecule has 0 aromatic heterocycles. The molecule has 0 bridgehead atoms. The van der Waals surface area contributed by atoms with Gasteiger partial charge in [0.05, 0.1) is 17.1 Å². The Kier molecular flexibility index (Phi) is 4.46. The van der Waals surface area contributed by atoms with Gasteiger partial charge in [0.15, 0.2) is 6.29 Å². The Morgan fingerprint density at radius 2 is 1.85 bits per heavy atom. The number of hydrogen-bond donors (Lipinski definition) is 2. The average molecular weight is 302 g/mol. The first-order chi connectivity index (χ1) is 9.29. The van der Waals surface area contributed by atoms with Gasteiger partial charge in [-0.15, -0.1) is 0 Å². The van der Waals surface area contributed by atoms with E-state index < -0.39 is 34.7 Å². The molecule has 0 unspecified atom stereocenters. The van der Waals surface area contributed by atoms with Crippen LogP contribution >= 0.6 is 0 Å². The van der Waals surface area contributed by atoms with Crippen LogP contribution < -0.4 is 0 Å². The van der Waals surface area contributed by atoms with E-state index >= 15 is 0 Å². The molecule has 112 valence electrons. The van der Waals surface area contributed by atoms with Crippen molar-refractivity contribution in [1.29, 1.82) is 0 Å². The van der Waals surface area contributed by atoms with Crippen LogP contribution in [0.4, 0.5) is 0 Å². The topological polar surface area (TPSA) is 93.1 Å². The Bertz CT molecular complexity index is 541. The van der Waals surface area contributed by atoms with E-state index in [1.807, 2.05) is 6.92 Å². The highest BCUT2D eigenvalue weighted by Gasteiger charge is 2.38. The highest BCUT2D eigenvalue weighted by Crippen LogP contribution is 2.25. The summed E-state index contributed by atoms with van der Waals surface area (Å²) in [6, 6.07) is 6.22. The van der Waals surface area contributed by atoms with Crippen LogP contribution in [-0.2, 0) is 19.0 Å². The molecule has 0 aliphatic carbocycles. The van der Waals surface area contributed by atoms with Crippen LogP contribution in [0.1, 0.15) is 18.9 Å². The second-order valence-corrected chi connectivity index (χ2v) is 6.50. The van der Waals surface area contributed by atoms with Crippen molar-refractivity contribution >= 4 is 10.1 Å². The van der Waals surface area contributed by atoms with E-state index in [4.69, 9.17) is 8.92 Å². The minimum atomic E-state index is -3.98. The van der Waals surface area contributed by atoms with Crippen LogP contribution in [0.3, 0.4) is 0 Å². The van der Waals surface area contributed by atoms with E-state index in [2.05, 4.69) is 0 Å². The summed E-state index contributed by atoms with van der Waals surface area (Å²) in [7, 11) is -3.98. The van der Waals surface area contributed by atoms with Gasteiger partial charge >= 0.3 is 0 Å². The van der Waals surface area contributed by atoms with Crippen LogP contribution in [0, 0.1) is 6.92 Å². The molecule has 1 saturated heterocycles. The van der Waals surface area contributed by atoms with E-state index in [0.29, 0.717) is 0 Å². The fraction of sp³-hybridized carbons (Fsp3) is 0.538. The summed E-state index contributed by atoms with van der Waals surface area (Å²) < 4.78 is 34.4. The number of rotatable bonds is 3. The third-order valence-electron chi connectivity index (χ3n) is 3.20. The maximum absolute atomic E-state index is 12.1. The van der Waals surface area contributed by atoms with E-state index in [0.717, 1.165) is 5.56 Å². The van der Waals surface area contributed by atoms with Gasteiger partial charge < -0.3 is 14.9 Å². The Balaban J connectivity index is 2.17. The molecule has 4 atom stereocenters. The van der Waals surface area contributed by atoms with Gasteiger partial charge in [0.2, 0.25) is 0 Å². The zero-order valence-corrected chi connectivity index (χ0v) is 12.1. The molecule has 1 aliphatic rings. The second kappa shape index (κ2) is 5.79. The number of ether oxygens (including phenoxy) is 1. The van der Waals surface area contributed by atoms with Crippen molar-refractivity contribution in [1.82, 2.24) is 0 Å². The summed E-state index contributed by atoms with van der Waals surface area (Å²) in [6.45, 7) is 3.39. The second-order valence-electron chi connectivity index (χ2n) is 4.93. The quantitative estimate of drug-likeness (QED) is 0.792. The molecule has 1 aromatic carbocycles. The molecule has 0 amide bonds. The summed E-state index contributed by atoms with van der Waals surface area (Å²) in [5.41, 5.74) is 0.932. The van der Waals surface area contributed by atoms with Crippen molar-refractivity contribution in [2.24, 2.45) is 0 Å². The van der Waals surface area contributed by atoms with Crippen molar-refractivity contribution in [2.75, 3.05) is 0 Å². The maximum Gasteiger partial charge on any atom is 0.297 e. The lowest BCUT2D eigenvalue weighted by atomic mass is 10.0. The SMILES string of the molecule is Cc1ccc(S(=O)(=O)O[C@@H]2[C@@H](O)C[C@@H](O)O[C@@H]2C)cc1. The molecule has 1 aliphatic heterocycles. The molecule has 1 aromatic rings. The number of hydrogen-bond acceptors (Lipinski definition) is 6. The molecule has 2 N–H and O–H groups in total. The summed E-state index contributed by atoms with van der Waals surface area (Å²) >= 11 is 0. The minimum absolute atomic E-state index is 0.0219. The van der Waals surface area contributed by atoms with Crippen molar-refractivity contribution in [3.05, 3.63) is 29.8 Å². The minimum Gasteiger partial charge on any atom is -0.390 e. The molecule has 7 heteroatoms. The van der Waals surface area contributed by atoms with Gasteiger partial charge in [0, 0.05) is 6.42 Å². The number of aryl methyl sites for hydroxylation is 1. The molecule has 20 heavy (non-hydrogen) atoms. The molecular formula is C13H18O6S. The third kappa shape index (κ3) is 3.36. The first kappa shape index (κ1) is 15.4. The largest absolute Gasteiger partial charge is 0.390 e. The molecule has 1 heterocycles. The third-order valence-corrected chi connectivity index (χ3v) is 4.53. The highest BCUT2D eigenvalue weighted by atomic mass is 32.2. The number of aliphatic hydroxyl groups is 2. The lowest BCUT2D eigenvalue weighted by Gasteiger charge is -2.35. The Morgan fingerprint density at radius 1 is 1.25 bits per heavy atom. The Labute approximate surface area is 118 Å². The molecule has 6 nitrogen and oxygen atoms in total. The van der Waals surface area contributed by atoms with E-state index in [1.165, 1.54) is 12.1 Å². The first-order valence-corrected chi connectivity index (χ1v) is 7.72. The van der Waals surface area contributed by atoms with Crippen LogP contribution in [0.2, 0.25) is 0 Å². The molecule has 0 radical (unpaired) electrons. The summed E-state index contributed by atoms with van der Waals surface area (Å²) in [5.74, 6) is 0. The van der Waals surface area contributed by atoms with Crippen molar-refractivity contribution < 1.29 is 27.6 Å². The van der Waals surface area contributed by atoms with Crippen molar-refractivity contribution in [3.8, 4) is 0 Å². The van der Waals surface area contributed by atoms with Crippen LogP contribution in [0.15, 0.2) is 29.2 Å². The zero-order valence-electron chi connectivity index (χ0n) is 11.3. The molecule has 0 spiro atoms. The van der Waals surface area contributed by atoms with Gasteiger partial charge in [0.1, 0.15) is 6.10 Å². The molecule has 1 fully saturated rings. The fourth-order valence-electron chi connectivity index (χ4n) is 2.08. The lowest BCUT2D eigenvalue weighted by Crippen LogP contribution is -2.49. The standard InChI is InChI=1S/C13H18O6S/c1-8-3-5-10(6-4-8)20(16,17)19-13-9(2)18-12(15)7-11(13)14/h3-6,9,11-15H,7H2,1-2H3/t9-,11+,12+,13+/m1/s1. The normalized spacial score (nSPS) is 31.2. The number of aliphatic hydroxyl groups excluding tert-OH is 2. The van der Waals surface area contributed by atoms with Crippen LogP contribution in [0.5, 0.6) is 0 Å². The van der Waals surface area contributed by atoms with E-state index in [1.54, 1.807) is 19.1 Å². The van der Waals surface area contributed by atoms with Crippen molar-refractivity contribution in [3.63, 3.8) is 0 Å². The summed E-state index contributed by atoms with van der Waals surface area (Å²) in [6.07, 6.45) is -4.06.